The number of benzene rings is 1. The van der Waals surface area contributed by atoms with Crippen molar-refractivity contribution < 1.29 is 19.1 Å². The summed E-state index contributed by atoms with van der Waals surface area (Å²) in [6, 6.07) is 7.89. The van der Waals surface area contributed by atoms with Crippen LogP contribution >= 0.6 is 11.3 Å². The molecule has 1 aromatic carbocycles. The van der Waals surface area contributed by atoms with E-state index < -0.39 is 0 Å². The van der Waals surface area contributed by atoms with Crippen molar-refractivity contribution in [3.05, 3.63) is 30.5 Å². The van der Waals surface area contributed by atoms with E-state index in [1.165, 1.54) is 18.3 Å². The Morgan fingerprint density at radius 3 is 3.03 bits per heavy atom. The van der Waals surface area contributed by atoms with Crippen molar-refractivity contribution in [3.63, 3.8) is 0 Å². The number of amides is 2. The van der Waals surface area contributed by atoms with Crippen LogP contribution in [0.3, 0.4) is 0 Å². The number of carbonyl (C=O) groups is 2. The fourth-order valence-corrected chi connectivity index (χ4v) is 3.86. The van der Waals surface area contributed by atoms with Gasteiger partial charge in [-0.1, -0.05) is 17.4 Å². The largest absolute Gasteiger partial charge is 0.463 e. The third kappa shape index (κ3) is 4.60. The lowest BCUT2D eigenvalue weighted by atomic mass is 10.1. The van der Waals surface area contributed by atoms with E-state index in [0.717, 1.165) is 21.5 Å². The van der Waals surface area contributed by atoms with Crippen LogP contribution < -0.4 is 10.1 Å². The average Bonchev–Trinajstić information content (AvgIpc) is 3.29. The fourth-order valence-electron chi connectivity index (χ4n) is 2.91. The Labute approximate surface area is 170 Å². The van der Waals surface area contributed by atoms with Gasteiger partial charge in [0.25, 0.3) is 0 Å². The van der Waals surface area contributed by atoms with E-state index in [9.17, 15) is 9.59 Å². The molecule has 0 saturated carbocycles. The summed E-state index contributed by atoms with van der Waals surface area (Å²) >= 11 is 1.41. The zero-order valence-electron chi connectivity index (χ0n) is 15.8. The molecule has 2 aromatic heterocycles. The number of thiazole rings is 1. The van der Waals surface area contributed by atoms with Crippen LogP contribution in [0.25, 0.3) is 21.5 Å². The first kappa shape index (κ1) is 19.1. The minimum Gasteiger partial charge on any atom is -0.463 e. The van der Waals surface area contributed by atoms with Crippen molar-refractivity contribution in [2.45, 2.75) is 13.3 Å². The molecule has 9 nitrogen and oxygen atoms in total. The second kappa shape index (κ2) is 8.39. The van der Waals surface area contributed by atoms with E-state index in [2.05, 4.69) is 20.3 Å². The van der Waals surface area contributed by atoms with Crippen LogP contribution in [-0.2, 0) is 9.53 Å². The first-order valence-corrected chi connectivity index (χ1v) is 9.96. The van der Waals surface area contributed by atoms with Gasteiger partial charge in [-0.2, -0.15) is 4.98 Å². The van der Waals surface area contributed by atoms with Crippen molar-refractivity contribution in [1.82, 2.24) is 19.9 Å². The van der Waals surface area contributed by atoms with Gasteiger partial charge in [0, 0.05) is 25.2 Å². The fraction of sp³-hybridized carbons (Fsp3) is 0.316. The molecular formula is C19H19N5O4S. The van der Waals surface area contributed by atoms with Gasteiger partial charge >= 0.3 is 12.1 Å². The number of hydrogen-bond acceptors (Lipinski definition) is 8. The lowest BCUT2D eigenvalue weighted by Gasteiger charge is -2.12. The maximum Gasteiger partial charge on any atom is 0.409 e. The summed E-state index contributed by atoms with van der Waals surface area (Å²) in [5, 5.41) is 3.27. The summed E-state index contributed by atoms with van der Waals surface area (Å²) in [7, 11) is 0. The van der Waals surface area contributed by atoms with Gasteiger partial charge in [-0.05, 0) is 24.6 Å². The zero-order valence-corrected chi connectivity index (χ0v) is 16.6. The number of hydrogen-bond donors (Lipinski definition) is 1. The first-order valence-electron chi connectivity index (χ1n) is 9.14. The predicted molar refractivity (Wildman–Crippen MR) is 108 cm³/mol. The van der Waals surface area contributed by atoms with Gasteiger partial charge in [-0.3, -0.25) is 4.79 Å². The van der Waals surface area contributed by atoms with Gasteiger partial charge in [-0.25, -0.2) is 14.8 Å². The number of aromatic nitrogens is 3. The zero-order chi connectivity index (χ0) is 20.2. The quantitative estimate of drug-likeness (QED) is 0.594. The first-order chi connectivity index (χ1) is 14.1. The predicted octanol–water partition coefficient (Wildman–Crippen LogP) is 2.93. The third-order valence-electron chi connectivity index (χ3n) is 4.25. The van der Waals surface area contributed by atoms with E-state index in [1.54, 1.807) is 11.1 Å². The van der Waals surface area contributed by atoms with E-state index in [-0.39, 0.29) is 18.0 Å². The van der Waals surface area contributed by atoms with Gasteiger partial charge < -0.3 is 19.7 Å². The molecule has 0 bridgehead atoms. The minimum absolute atomic E-state index is 0.150. The monoisotopic (exact) mass is 413 g/mol. The highest BCUT2D eigenvalue weighted by atomic mass is 32.1. The summed E-state index contributed by atoms with van der Waals surface area (Å²) in [6.07, 6.45) is 2.04. The number of rotatable bonds is 7. The lowest BCUT2D eigenvalue weighted by Crippen LogP contribution is -2.26. The second-order valence-electron chi connectivity index (χ2n) is 6.41. The Morgan fingerprint density at radius 1 is 1.34 bits per heavy atom. The Bertz CT molecular complexity index is 1050. The van der Waals surface area contributed by atoms with Crippen molar-refractivity contribution in [2.24, 2.45) is 0 Å². The molecule has 0 radical (unpaired) electrons. The van der Waals surface area contributed by atoms with Crippen LogP contribution in [0, 0.1) is 0 Å². The number of anilines is 1. The molecule has 1 saturated heterocycles. The average molecular weight is 413 g/mol. The second-order valence-corrected chi connectivity index (χ2v) is 7.44. The smallest absolute Gasteiger partial charge is 0.409 e. The Hall–Kier alpha value is -3.27. The maximum absolute atomic E-state index is 11.4. The molecule has 3 heterocycles. The minimum atomic E-state index is -0.275. The summed E-state index contributed by atoms with van der Waals surface area (Å²) < 4.78 is 11.5. The standard InChI is InChI=1S/C19H19N5O4S/c1-12(25)21-18-23-15-4-3-13(11-16(15)29-18)14-5-6-20-17(22-14)27-9-2-7-24-8-10-28-19(24)26/h3-6,11H,2,7-10H2,1H3,(H,21,23,25). The summed E-state index contributed by atoms with van der Waals surface area (Å²) in [4.78, 5) is 37.3. The normalized spacial score (nSPS) is 13.6. The number of cyclic esters (lactones) is 1. The topological polar surface area (TPSA) is 107 Å². The van der Waals surface area contributed by atoms with E-state index >= 15 is 0 Å². The van der Waals surface area contributed by atoms with Crippen LogP contribution in [0.2, 0.25) is 0 Å². The molecule has 10 heteroatoms. The number of ether oxygens (including phenoxy) is 2. The van der Waals surface area contributed by atoms with Crippen molar-refractivity contribution >= 4 is 38.7 Å². The Kier molecular flexibility index (Phi) is 5.52. The van der Waals surface area contributed by atoms with Crippen molar-refractivity contribution in [1.29, 1.82) is 0 Å². The highest BCUT2D eigenvalue weighted by Gasteiger charge is 2.20. The molecule has 1 N–H and O–H groups in total. The molecule has 1 aliphatic rings. The number of nitrogens with one attached hydrogen (secondary N) is 1. The van der Waals surface area contributed by atoms with Crippen LogP contribution in [0.5, 0.6) is 6.01 Å². The van der Waals surface area contributed by atoms with Gasteiger partial charge in [0.05, 0.1) is 29.1 Å². The molecule has 0 atom stereocenters. The number of carbonyl (C=O) groups excluding carboxylic acids is 2. The van der Waals surface area contributed by atoms with Crippen LogP contribution in [0.4, 0.5) is 9.93 Å². The van der Waals surface area contributed by atoms with Gasteiger partial charge in [0.15, 0.2) is 5.13 Å². The van der Waals surface area contributed by atoms with E-state index in [0.29, 0.717) is 37.9 Å². The summed E-state index contributed by atoms with van der Waals surface area (Å²) in [5.74, 6) is -0.150. The van der Waals surface area contributed by atoms with Gasteiger partial charge in [0.1, 0.15) is 6.61 Å². The van der Waals surface area contributed by atoms with E-state index in [1.807, 2.05) is 24.3 Å². The van der Waals surface area contributed by atoms with Crippen molar-refractivity contribution in [3.8, 4) is 17.3 Å². The number of nitrogens with zero attached hydrogens (tertiary/aromatic N) is 4. The highest BCUT2D eigenvalue weighted by molar-refractivity contribution is 7.22. The van der Waals surface area contributed by atoms with Crippen molar-refractivity contribution in [2.75, 3.05) is 31.6 Å². The Morgan fingerprint density at radius 2 is 2.24 bits per heavy atom. The molecule has 0 spiro atoms. The highest BCUT2D eigenvalue weighted by Crippen LogP contribution is 2.30. The summed E-state index contributed by atoms with van der Waals surface area (Å²) in [6.45, 7) is 3.50. The van der Waals surface area contributed by atoms with Crippen LogP contribution in [0.1, 0.15) is 13.3 Å². The molecule has 150 valence electrons. The molecule has 4 rings (SSSR count). The molecule has 0 unspecified atom stereocenters. The molecular weight excluding hydrogens is 394 g/mol. The molecule has 1 aliphatic heterocycles. The molecule has 2 amide bonds. The molecule has 1 fully saturated rings. The maximum atomic E-state index is 11.4. The SMILES string of the molecule is CC(=O)Nc1nc2ccc(-c3ccnc(OCCCN4CCOC4=O)n3)cc2s1. The van der Waals surface area contributed by atoms with Gasteiger partial charge in [0.2, 0.25) is 5.91 Å². The van der Waals surface area contributed by atoms with E-state index in [4.69, 9.17) is 9.47 Å². The number of fused-ring (bicyclic) bond motifs is 1. The Balaban J connectivity index is 1.41. The third-order valence-corrected chi connectivity index (χ3v) is 5.18. The van der Waals surface area contributed by atoms with Gasteiger partial charge in [-0.15, -0.1) is 0 Å². The summed E-state index contributed by atoms with van der Waals surface area (Å²) in [5.41, 5.74) is 2.45. The molecule has 29 heavy (non-hydrogen) atoms. The van der Waals surface area contributed by atoms with Crippen LogP contribution in [-0.4, -0.2) is 58.2 Å². The molecule has 3 aromatic rings. The van der Waals surface area contributed by atoms with Crippen LogP contribution in [0.15, 0.2) is 30.5 Å². The lowest BCUT2D eigenvalue weighted by molar-refractivity contribution is -0.114. The molecule has 0 aliphatic carbocycles.